The molecule has 0 amide bonds. The molecule has 3 nitrogen and oxygen atoms in total. The van der Waals surface area contributed by atoms with E-state index < -0.39 is 12.3 Å². The van der Waals surface area contributed by atoms with Gasteiger partial charge in [0.1, 0.15) is 0 Å². The third-order valence-corrected chi connectivity index (χ3v) is 9.11. The lowest BCUT2D eigenvalue weighted by Gasteiger charge is -2.23. The lowest BCUT2D eigenvalue weighted by atomic mass is 9.81. The predicted octanol–water partition coefficient (Wildman–Crippen LogP) is 10.7. The number of rotatable bonds is 1. The van der Waals surface area contributed by atoms with E-state index in [1.165, 1.54) is 38.9 Å². The van der Waals surface area contributed by atoms with Crippen LogP contribution in [0.1, 0.15) is 30.4 Å². The van der Waals surface area contributed by atoms with Crippen LogP contribution in [0.4, 0.5) is 0 Å². The number of hydrogen-bond donors (Lipinski definition) is 0. The lowest BCUT2D eigenvalue weighted by Crippen LogP contribution is -2.11. The van der Waals surface area contributed by atoms with Crippen molar-refractivity contribution in [2.45, 2.75) is 26.1 Å². The van der Waals surface area contributed by atoms with E-state index >= 15 is 0 Å². The summed E-state index contributed by atoms with van der Waals surface area (Å²) in [7, 11) is 0. The summed E-state index contributed by atoms with van der Waals surface area (Å²) >= 11 is 0. The Morgan fingerprint density at radius 1 is 0.523 bits per heavy atom. The molecule has 0 bridgehead atoms. The summed E-state index contributed by atoms with van der Waals surface area (Å²) in [6, 6.07) is 47.0. The fourth-order valence-corrected chi connectivity index (χ4v) is 7.17. The van der Waals surface area contributed by atoms with E-state index in [2.05, 4.69) is 118 Å². The average molecular weight is 569 g/mol. The zero-order valence-corrected chi connectivity index (χ0v) is 24.5. The first kappa shape index (κ1) is 22.2. The van der Waals surface area contributed by atoms with E-state index in [4.69, 9.17) is 9.10 Å². The van der Waals surface area contributed by atoms with Gasteiger partial charge in [-0.05, 0) is 85.8 Å². The van der Waals surface area contributed by atoms with Gasteiger partial charge in [0.2, 0.25) is 5.78 Å². The van der Waals surface area contributed by atoms with E-state index in [0.717, 1.165) is 39.1 Å². The largest absolute Gasteiger partial charge is 0.278 e. The highest BCUT2D eigenvalue weighted by molar-refractivity contribution is 6.03. The van der Waals surface area contributed by atoms with Crippen molar-refractivity contribution in [3.8, 4) is 50.2 Å². The standard InChI is InChI=1S/C41H31N3/c1-41(2,3)35-19-12-22-38-39(35)42-40-43(36-20-10-11-21-37(36)44(38)40)26-23-24-33-31-17-7-6-15-29(31)27-13-4-5-14-28(27)30-16-8-9-18-32(30)34(33)25-26/h4-25H,1-3H3/i1D3. The number of aromatic nitrogens is 3. The minimum atomic E-state index is -2.19. The van der Waals surface area contributed by atoms with Crippen LogP contribution in [-0.4, -0.2) is 14.0 Å². The highest BCUT2D eigenvalue weighted by atomic mass is 15.2. The summed E-state index contributed by atoms with van der Waals surface area (Å²) in [4.78, 5) is 5.24. The highest BCUT2D eigenvalue weighted by Gasteiger charge is 2.25. The van der Waals surface area contributed by atoms with E-state index in [0.29, 0.717) is 5.52 Å². The van der Waals surface area contributed by atoms with Crippen molar-refractivity contribution in [1.29, 1.82) is 0 Å². The van der Waals surface area contributed by atoms with Gasteiger partial charge in [-0.2, -0.15) is 0 Å². The summed E-state index contributed by atoms with van der Waals surface area (Å²) in [5.41, 5.74) is 13.8. The summed E-state index contributed by atoms with van der Waals surface area (Å²) in [6.45, 7) is 1.38. The van der Waals surface area contributed by atoms with Gasteiger partial charge in [-0.15, -0.1) is 0 Å². The monoisotopic (exact) mass is 568 g/mol. The molecule has 6 aromatic carbocycles. The summed E-state index contributed by atoms with van der Waals surface area (Å²) in [5.74, 6) is 0.750. The third kappa shape index (κ3) is 3.47. The molecule has 2 aromatic heterocycles. The minimum Gasteiger partial charge on any atom is -0.278 e. The second-order valence-electron chi connectivity index (χ2n) is 12.2. The minimum absolute atomic E-state index is 0.713. The second-order valence-corrected chi connectivity index (χ2v) is 12.2. The molecular formula is C41H31N3. The Balaban J connectivity index is 1.37. The first-order valence-electron chi connectivity index (χ1n) is 16.6. The molecule has 44 heavy (non-hydrogen) atoms. The van der Waals surface area contributed by atoms with Crippen LogP contribution in [0.2, 0.25) is 0 Å². The molecule has 0 unspecified atom stereocenters. The van der Waals surface area contributed by atoms with Crippen LogP contribution in [0, 0.1) is 0 Å². The van der Waals surface area contributed by atoms with Crippen molar-refractivity contribution in [1.82, 2.24) is 14.0 Å². The van der Waals surface area contributed by atoms with Crippen LogP contribution < -0.4 is 0 Å². The van der Waals surface area contributed by atoms with E-state index in [9.17, 15) is 0 Å². The number of hydrogen-bond acceptors (Lipinski definition) is 1. The fourth-order valence-electron chi connectivity index (χ4n) is 7.17. The molecule has 0 saturated heterocycles. The molecule has 0 saturated carbocycles. The summed E-state index contributed by atoms with van der Waals surface area (Å²) < 4.78 is 29.4. The van der Waals surface area contributed by atoms with Crippen molar-refractivity contribution in [3.63, 3.8) is 0 Å². The van der Waals surface area contributed by atoms with Gasteiger partial charge in [-0.1, -0.05) is 124 Å². The van der Waals surface area contributed by atoms with E-state index in [-0.39, 0.29) is 0 Å². The molecule has 9 rings (SSSR count). The normalized spacial score (nSPS) is 13.7. The topological polar surface area (TPSA) is 22.2 Å². The number of benzene rings is 6. The van der Waals surface area contributed by atoms with Gasteiger partial charge in [0.05, 0.1) is 22.1 Å². The van der Waals surface area contributed by atoms with E-state index in [1.54, 1.807) is 13.8 Å². The Labute approximate surface area is 260 Å². The summed E-state index contributed by atoms with van der Waals surface area (Å²) in [5, 5.41) is 0. The summed E-state index contributed by atoms with van der Waals surface area (Å²) in [6.07, 6.45) is 0. The maximum absolute atomic E-state index is 8.33. The van der Waals surface area contributed by atoms with Gasteiger partial charge in [-0.25, -0.2) is 4.98 Å². The highest BCUT2D eigenvalue weighted by Crippen LogP contribution is 2.48. The molecular weight excluding hydrogens is 534 g/mol. The Hall–Kier alpha value is -5.41. The molecule has 210 valence electrons. The maximum atomic E-state index is 8.33. The number of fused-ring (bicyclic) bond motifs is 13. The van der Waals surface area contributed by atoms with Gasteiger partial charge in [0.15, 0.2) is 0 Å². The molecule has 1 aliphatic rings. The van der Waals surface area contributed by atoms with Crippen molar-refractivity contribution < 1.29 is 4.11 Å². The van der Waals surface area contributed by atoms with Crippen LogP contribution in [0.15, 0.2) is 133 Å². The first-order chi connectivity index (χ1) is 22.7. The molecule has 3 heteroatoms. The molecule has 8 aromatic rings. The third-order valence-electron chi connectivity index (χ3n) is 9.11. The van der Waals surface area contributed by atoms with Crippen molar-refractivity contribution >= 4 is 27.8 Å². The second kappa shape index (κ2) is 9.05. The molecule has 1 aliphatic carbocycles. The predicted molar refractivity (Wildman–Crippen MR) is 184 cm³/mol. The van der Waals surface area contributed by atoms with E-state index in [1.807, 2.05) is 24.3 Å². The molecule has 0 radical (unpaired) electrons. The zero-order chi connectivity index (χ0) is 32.1. The average Bonchev–Trinajstić information content (AvgIpc) is 3.62. The Bertz CT molecular complexity index is 2540. The first-order valence-corrected chi connectivity index (χ1v) is 15.1. The van der Waals surface area contributed by atoms with Gasteiger partial charge in [0.25, 0.3) is 0 Å². The molecule has 0 N–H and O–H groups in total. The quantitative estimate of drug-likeness (QED) is 0.193. The van der Waals surface area contributed by atoms with Crippen molar-refractivity contribution in [3.05, 3.63) is 139 Å². The maximum Gasteiger partial charge on any atom is 0.220 e. The zero-order valence-electron chi connectivity index (χ0n) is 27.5. The molecule has 0 aliphatic heterocycles. The molecule has 0 fully saturated rings. The van der Waals surface area contributed by atoms with Gasteiger partial charge in [-0.3, -0.25) is 8.97 Å². The number of imidazole rings is 2. The van der Waals surface area contributed by atoms with Crippen LogP contribution in [0.5, 0.6) is 0 Å². The van der Waals surface area contributed by atoms with Crippen molar-refractivity contribution in [2.75, 3.05) is 0 Å². The Kier molecular flexibility index (Phi) is 4.56. The van der Waals surface area contributed by atoms with Crippen molar-refractivity contribution in [2.24, 2.45) is 0 Å². The number of para-hydroxylation sites is 3. The van der Waals surface area contributed by atoms with Crippen LogP contribution in [0.25, 0.3) is 78.0 Å². The SMILES string of the molecule is [2H]C([2H])([2H])C(C)(C)c1cccc2c1nc1n(-c3ccc4c(c3)-c3ccccc3-c3ccccc3-c3ccccc3-4)c3ccccc3n21. The van der Waals surface area contributed by atoms with Gasteiger partial charge in [0, 0.05) is 9.80 Å². The van der Waals surface area contributed by atoms with Crippen LogP contribution >= 0.6 is 0 Å². The van der Waals surface area contributed by atoms with Crippen LogP contribution in [0.3, 0.4) is 0 Å². The molecule has 0 atom stereocenters. The van der Waals surface area contributed by atoms with Crippen LogP contribution in [-0.2, 0) is 5.41 Å². The van der Waals surface area contributed by atoms with Gasteiger partial charge >= 0.3 is 0 Å². The molecule has 2 heterocycles. The Morgan fingerprint density at radius 3 is 1.61 bits per heavy atom. The van der Waals surface area contributed by atoms with Gasteiger partial charge < -0.3 is 0 Å². The lowest BCUT2D eigenvalue weighted by molar-refractivity contribution is 0.595. The molecule has 0 spiro atoms. The number of nitrogens with zero attached hydrogens (tertiary/aromatic N) is 3. The smallest absolute Gasteiger partial charge is 0.220 e. The Morgan fingerprint density at radius 2 is 1.02 bits per heavy atom. The fraction of sp³-hybridized carbons (Fsp3) is 0.0976.